The summed E-state index contributed by atoms with van der Waals surface area (Å²) in [6.07, 6.45) is -3.37. The van der Waals surface area contributed by atoms with Gasteiger partial charge in [0.05, 0.1) is 6.10 Å². The minimum atomic E-state index is -4.75. The number of carbonyl (C=O) groups is 1. The second kappa shape index (κ2) is 7.42. The molecular weight excluding hydrogens is 349 g/mol. The van der Waals surface area contributed by atoms with Gasteiger partial charge < -0.3 is 14.6 Å². The summed E-state index contributed by atoms with van der Waals surface area (Å²) in [6.45, 7) is 8.87. The van der Waals surface area contributed by atoms with Crippen LogP contribution in [0.25, 0.3) is 0 Å². The van der Waals surface area contributed by atoms with E-state index in [4.69, 9.17) is 4.74 Å². The van der Waals surface area contributed by atoms with Crippen molar-refractivity contribution in [3.05, 3.63) is 33.7 Å². The number of carbonyl (C=O) groups excluding carboxylic acids is 1. The van der Waals surface area contributed by atoms with Crippen LogP contribution in [-0.2, 0) is 10.9 Å². The van der Waals surface area contributed by atoms with Gasteiger partial charge in [0.15, 0.2) is 0 Å². The minimum absolute atomic E-state index is 0.0244. The molecule has 8 heteroatoms. The number of hydrogen-bond donors (Lipinski definition) is 1. The van der Waals surface area contributed by atoms with Crippen LogP contribution in [0.15, 0.2) is 16.9 Å². The number of amides is 1. The molecule has 1 aromatic rings. The van der Waals surface area contributed by atoms with Crippen molar-refractivity contribution in [1.29, 1.82) is 0 Å². The Bertz CT molecular complexity index is 712. The average Bonchev–Trinajstić information content (AvgIpc) is 2.55. The third-order valence-corrected chi connectivity index (χ3v) is 5.04. The average molecular weight is 374 g/mol. The highest BCUT2D eigenvalue weighted by Crippen LogP contribution is 2.46. The molecule has 2 unspecified atom stereocenters. The number of aromatic amines is 1. The van der Waals surface area contributed by atoms with Gasteiger partial charge in [0, 0.05) is 24.6 Å². The molecule has 1 saturated carbocycles. The molecule has 2 rings (SSSR count). The summed E-state index contributed by atoms with van der Waals surface area (Å²) in [5.74, 6) is -0.467. The number of H-pyrrole nitrogens is 1. The molecule has 1 aliphatic rings. The normalized spacial score (nSPS) is 22.0. The monoisotopic (exact) mass is 374 g/mol. The maximum absolute atomic E-state index is 12.9. The number of ether oxygens (including phenoxy) is 1. The summed E-state index contributed by atoms with van der Waals surface area (Å²) < 4.78 is 43.9. The van der Waals surface area contributed by atoms with Crippen molar-refractivity contribution < 1.29 is 22.7 Å². The van der Waals surface area contributed by atoms with Crippen LogP contribution in [0.2, 0.25) is 0 Å². The standard InChI is InChI=1S/C18H25F3N2O3/c1-5-9-23(13-10-14(26-6-2)17(13,3)4)16(25)12-8-7-11(15(24)22-12)18(19,20)21/h7-8,13-14H,5-6,9-10H2,1-4H3,(H,22,24). The summed E-state index contributed by atoms with van der Waals surface area (Å²) in [7, 11) is 0. The molecule has 146 valence electrons. The van der Waals surface area contributed by atoms with Crippen molar-refractivity contribution in [1.82, 2.24) is 9.88 Å². The third-order valence-electron chi connectivity index (χ3n) is 5.04. The second-order valence-corrected chi connectivity index (χ2v) is 7.13. The van der Waals surface area contributed by atoms with Gasteiger partial charge in [0.2, 0.25) is 0 Å². The third kappa shape index (κ3) is 3.79. The van der Waals surface area contributed by atoms with Crippen molar-refractivity contribution in [2.24, 2.45) is 5.41 Å². The number of alkyl halides is 3. The number of pyridine rings is 1. The van der Waals surface area contributed by atoms with Gasteiger partial charge in [-0.15, -0.1) is 0 Å². The molecule has 0 saturated heterocycles. The molecule has 0 bridgehead atoms. The Morgan fingerprint density at radius 2 is 2.00 bits per heavy atom. The molecule has 26 heavy (non-hydrogen) atoms. The van der Waals surface area contributed by atoms with Gasteiger partial charge in [0.25, 0.3) is 11.5 Å². The molecule has 1 aliphatic carbocycles. The zero-order valence-corrected chi connectivity index (χ0v) is 15.4. The summed E-state index contributed by atoms with van der Waals surface area (Å²) >= 11 is 0. The van der Waals surface area contributed by atoms with Crippen LogP contribution in [0, 0.1) is 5.41 Å². The Morgan fingerprint density at radius 1 is 1.35 bits per heavy atom. The lowest BCUT2D eigenvalue weighted by molar-refractivity contribution is -0.141. The first-order chi connectivity index (χ1) is 12.0. The fourth-order valence-corrected chi connectivity index (χ4v) is 3.49. The Balaban J connectivity index is 2.27. The number of nitrogens with zero attached hydrogens (tertiary/aromatic N) is 1. The van der Waals surface area contributed by atoms with Crippen LogP contribution in [0.4, 0.5) is 13.2 Å². The maximum atomic E-state index is 12.9. The van der Waals surface area contributed by atoms with Crippen LogP contribution in [0.3, 0.4) is 0 Å². The summed E-state index contributed by atoms with van der Waals surface area (Å²) in [4.78, 5) is 28.3. The summed E-state index contributed by atoms with van der Waals surface area (Å²) in [6, 6.07) is 1.59. The quantitative estimate of drug-likeness (QED) is 0.830. The van der Waals surface area contributed by atoms with Crippen molar-refractivity contribution in [2.75, 3.05) is 13.2 Å². The van der Waals surface area contributed by atoms with Gasteiger partial charge in [0.1, 0.15) is 11.3 Å². The van der Waals surface area contributed by atoms with Crippen LogP contribution < -0.4 is 5.56 Å². The van der Waals surface area contributed by atoms with E-state index in [1.54, 1.807) is 4.90 Å². The van der Waals surface area contributed by atoms with E-state index in [1.807, 2.05) is 27.7 Å². The van der Waals surface area contributed by atoms with E-state index >= 15 is 0 Å². The van der Waals surface area contributed by atoms with E-state index in [-0.39, 0.29) is 23.3 Å². The van der Waals surface area contributed by atoms with Crippen LogP contribution in [-0.4, -0.2) is 41.1 Å². The largest absolute Gasteiger partial charge is 0.421 e. The molecule has 0 aliphatic heterocycles. The Hall–Kier alpha value is -1.83. The van der Waals surface area contributed by atoms with Crippen molar-refractivity contribution >= 4 is 5.91 Å². The van der Waals surface area contributed by atoms with E-state index in [9.17, 15) is 22.8 Å². The number of rotatable bonds is 6. The molecule has 2 atom stereocenters. The first-order valence-corrected chi connectivity index (χ1v) is 8.77. The number of hydrogen-bond acceptors (Lipinski definition) is 3. The van der Waals surface area contributed by atoms with Crippen molar-refractivity contribution in [3.8, 4) is 0 Å². The zero-order chi connectivity index (χ0) is 19.7. The highest BCUT2D eigenvalue weighted by atomic mass is 19.4. The Labute approximate surface area is 150 Å². The van der Waals surface area contributed by atoms with E-state index in [1.165, 1.54) is 0 Å². The lowest BCUT2D eigenvalue weighted by atomic mass is 9.63. The van der Waals surface area contributed by atoms with Crippen LogP contribution in [0.5, 0.6) is 0 Å². The molecule has 1 aromatic heterocycles. The van der Waals surface area contributed by atoms with Gasteiger partial charge in [-0.3, -0.25) is 9.59 Å². The Morgan fingerprint density at radius 3 is 2.46 bits per heavy atom. The van der Waals surface area contributed by atoms with Gasteiger partial charge in [-0.2, -0.15) is 13.2 Å². The summed E-state index contributed by atoms with van der Waals surface area (Å²) in [5, 5.41) is 0. The van der Waals surface area contributed by atoms with Gasteiger partial charge in [-0.25, -0.2) is 0 Å². The number of nitrogens with one attached hydrogen (secondary N) is 1. The molecule has 0 aromatic carbocycles. The summed E-state index contributed by atoms with van der Waals surface area (Å²) in [5.41, 5.74) is -3.02. The lowest BCUT2D eigenvalue weighted by Crippen LogP contribution is -2.63. The molecule has 0 radical (unpaired) electrons. The fraction of sp³-hybridized carbons (Fsp3) is 0.667. The topological polar surface area (TPSA) is 62.4 Å². The molecule has 1 heterocycles. The van der Waals surface area contributed by atoms with Crippen LogP contribution >= 0.6 is 0 Å². The van der Waals surface area contributed by atoms with Gasteiger partial charge >= 0.3 is 6.18 Å². The first kappa shape index (κ1) is 20.5. The molecule has 1 N–H and O–H groups in total. The van der Waals surface area contributed by atoms with Crippen LogP contribution in [0.1, 0.15) is 56.6 Å². The molecule has 1 fully saturated rings. The van der Waals surface area contributed by atoms with E-state index in [0.29, 0.717) is 32.1 Å². The van der Waals surface area contributed by atoms with Gasteiger partial charge in [-0.05, 0) is 31.9 Å². The molecule has 0 spiro atoms. The maximum Gasteiger partial charge on any atom is 0.421 e. The molecule has 5 nitrogen and oxygen atoms in total. The zero-order valence-electron chi connectivity index (χ0n) is 15.4. The second-order valence-electron chi connectivity index (χ2n) is 7.13. The molecular formula is C18H25F3N2O3. The van der Waals surface area contributed by atoms with Crippen molar-refractivity contribution in [2.45, 2.75) is 58.9 Å². The van der Waals surface area contributed by atoms with E-state index < -0.39 is 23.2 Å². The van der Waals surface area contributed by atoms with E-state index in [2.05, 4.69) is 4.98 Å². The van der Waals surface area contributed by atoms with Gasteiger partial charge in [-0.1, -0.05) is 20.8 Å². The SMILES string of the molecule is CCCN(C(=O)c1ccc(C(F)(F)F)c(=O)[nH]1)C1CC(OCC)C1(C)C. The highest BCUT2D eigenvalue weighted by Gasteiger charge is 2.52. The molecule has 1 amide bonds. The predicted octanol–water partition coefficient (Wildman–Crippen LogP) is 3.45. The minimum Gasteiger partial charge on any atom is -0.378 e. The first-order valence-electron chi connectivity index (χ1n) is 8.77. The highest BCUT2D eigenvalue weighted by molar-refractivity contribution is 5.92. The fourth-order valence-electron chi connectivity index (χ4n) is 3.49. The lowest BCUT2D eigenvalue weighted by Gasteiger charge is -2.55. The Kier molecular flexibility index (Phi) is 5.85. The van der Waals surface area contributed by atoms with E-state index in [0.717, 1.165) is 6.07 Å². The van der Waals surface area contributed by atoms with Crippen molar-refractivity contribution in [3.63, 3.8) is 0 Å². The number of aromatic nitrogens is 1. The number of halogens is 3. The predicted molar refractivity (Wildman–Crippen MR) is 91.0 cm³/mol. The smallest absolute Gasteiger partial charge is 0.378 e.